The van der Waals surface area contributed by atoms with Gasteiger partial charge in [0.05, 0.1) is 12.0 Å². The largest absolute Gasteiger partial charge is 0.284 e. The molecule has 0 rings (SSSR count). The summed E-state index contributed by atoms with van der Waals surface area (Å²) in [6.07, 6.45) is 0. The lowest BCUT2D eigenvalue weighted by Gasteiger charge is -2.27. The number of carbonyl (C=O) groups excluding carboxylic acids is 1. The first-order valence-corrected chi connectivity index (χ1v) is 6.05. The molecule has 90 valence electrons. The van der Waals surface area contributed by atoms with E-state index in [0.29, 0.717) is 5.92 Å². The normalized spacial score (nSPS) is 12.9. The Morgan fingerprint density at radius 1 is 1.27 bits per heavy atom. The van der Waals surface area contributed by atoms with Gasteiger partial charge in [-0.15, -0.1) is 0 Å². The van der Waals surface area contributed by atoms with E-state index in [1.54, 1.807) is 5.06 Å². The van der Waals surface area contributed by atoms with E-state index in [4.69, 9.17) is 4.28 Å². The third-order valence-electron chi connectivity index (χ3n) is 2.93. The summed E-state index contributed by atoms with van der Waals surface area (Å²) in [5.41, 5.74) is -0.345. The van der Waals surface area contributed by atoms with Crippen molar-refractivity contribution in [2.75, 3.05) is 7.05 Å². The van der Waals surface area contributed by atoms with E-state index in [9.17, 15) is 4.79 Å². The molecule has 0 heterocycles. The van der Waals surface area contributed by atoms with Gasteiger partial charge in [0.15, 0.2) is 0 Å². The molecule has 0 aromatic carbocycles. The van der Waals surface area contributed by atoms with Gasteiger partial charge in [-0.25, -0.2) is 4.28 Å². The number of rotatable bonds is 5. The predicted octanol–water partition coefficient (Wildman–Crippen LogP) is 3.12. The highest BCUT2D eigenvalue weighted by molar-refractivity contribution is 8.09. The van der Waals surface area contributed by atoms with Crippen LogP contribution in [-0.2, 0) is 9.08 Å². The van der Waals surface area contributed by atoms with Crippen LogP contribution in [0, 0.1) is 11.3 Å². The quantitative estimate of drug-likeness (QED) is 0.539. The highest BCUT2D eigenvalue weighted by atomic mass is 32.2. The molecule has 0 saturated heterocycles. The summed E-state index contributed by atoms with van der Waals surface area (Å²) in [6, 6.07) is 0.271. The topological polar surface area (TPSA) is 29.5 Å². The number of carbonyl (C=O) groups is 1. The fraction of sp³-hybridized carbons (Fsp3) is 0.909. The molecule has 0 radical (unpaired) electrons. The van der Waals surface area contributed by atoms with Gasteiger partial charge in [0.1, 0.15) is 0 Å². The van der Waals surface area contributed by atoms with Gasteiger partial charge in [0.25, 0.3) is 0 Å². The van der Waals surface area contributed by atoms with Crippen LogP contribution in [0.3, 0.4) is 0 Å². The van der Waals surface area contributed by atoms with Crippen molar-refractivity contribution in [1.82, 2.24) is 5.06 Å². The third kappa shape index (κ3) is 4.53. The zero-order valence-electron chi connectivity index (χ0n) is 10.8. The maximum Gasteiger partial charge on any atom is 0.223 e. The maximum absolute atomic E-state index is 11.8. The van der Waals surface area contributed by atoms with E-state index in [-0.39, 0.29) is 16.6 Å². The Morgan fingerprint density at radius 2 is 1.73 bits per heavy atom. The standard InChI is InChI=1S/C11H23NO2S/c1-8(2)11(5,6)10(13)15-14-12(7)9(3)4/h8-9H,1-7H3. The number of hydrogen-bond acceptors (Lipinski definition) is 4. The summed E-state index contributed by atoms with van der Waals surface area (Å²) in [6.45, 7) is 12.0. The van der Waals surface area contributed by atoms with E-state index < -0.39 is 0 Å². The van der Waals surface area contributed by atoms with Gasteiger partial charge in [0.2, 0.25) is 5.12 Å². The van der Waals surface area contributed by atoms with E-state index in [0.717, 1.165) is 12.0 Å². The van der Waals surface area contributed by atoms with Crippen LogP contribution in [0.1, 0.15) is 41.5 Å². The second-order valence-electron chi connectivity index (χ2n) is 4.96. The van der Waals surface area contributed by atoms with E-state index in [1.807, 2.05) is 48.6 Å². The Bertz CT molecular complexity index is 215. The predicted molar refractivity (Wildman–Crippen MR) is 65.2 cm³/mol. The summed E-state index contributed by atoms with van der Waals surface area (Å²) < 4.78 is 5.30. The zero-order valence-corrected chi connectivity index (χ0v) is 11.6. The van der Waals surface area contributed by atoms with Gasteiger partial charge in [-0.05, 0) is 19.8 Å². The fourth-order valence-electron chi connectivity index (χ4n) is 0.522. The zero-order chi connectivity index (χ0) is 12.2. The van der Waals surface area contributed by atoms with E-state index >= 15 is 0 Å². The first-order chi connectivity index (χ1) is 6.69. The summed E-state index contributed by atoms with van der Waals surface area (Å²) in [4.78, 5) is 11.8. The third-order valence-corrected chi connectivity index (χ3v) is 3.91. The maximum atomic E-state index is 11.8. The van der Waals surface area contributed by atoms with Crippen LogP contribution in [0.2, 0.25) is 0 Å². The molecule has 0 unspecified atom stereocenters. The highest BCUT2D eigenvalue weighted by Crippen LogP contribution is 2.32. The van der Waals surface area contributed by atoms with Crippen molar-refractivity contribution in [1.29, 1.82) is 0 Å². The molecule has 4 heteroatoms. The van der Waals surface area contributed by atoms with Crippen molar-refractivity contribution in [2.24, 2.45) is 11.3 Å². The minimum atomic E-state index is -0.345. The molecule has 0 saturated carbocycles. The molecule has 0 amide bonds. The van der Waals surface area contributed by atoms with Crippen LogP contribution in [0.4, 0.5) is 0 Å². The summed E-state index contributed by atoms with van der Waals surface area (Å²) >= 11 is 0.935. The molecule has 3 nitrogen and oxygen atoms in total. The molecule has 0 bridgehead atoms. The first-order valence-electron chi connectivity index (χ1n) is 5.31. The number of nitrogens with zero attached hydrogens (tertiary/aromatic N) is 1. The summed E-state index contributed by atoms with van der Waals surface area (Å²) in [5.74, 6) is 0.311. The van der Waals surface area contributed by atoms with Gasteiger partial charge >= 0.3 is 0 Å². The molecule has 0 N–H and O–H groups in total. The monoisotopic (exact) mass is 233 g/mol. The lowest BCUT2D eigenvalue weighted by atomic mass is 9.83. The Labute approximate surface area is 97.7 Å². The Balaban J connectivity index is 4.15. The van der Waals surface area contributed by atoms with Crippen molar-refractivity contribution in [3.63, 3.8) is 0 Å². The first kappa shape index (κ1) is 14.9. The van der Waals surface area contributed by atoms with Crippen LogP contribution in [0.5, 0.6) is 0 Å². The van der Waals surface area contributed by atoms with Crippen molar-refractivity contribution >= 4 is 17.2 Å². The second-order valence-corrected chi connectivity index (χ2v) is 5.65. The minimum Gasteiger partial charge on any atom is -0.284 e. The Morgan fingerprint density at radius 3 is 2.07 bits per heavy atom. The smallest absolute Gasteiger partial charge is 0.223 e. The molecule has 0 aromatic heterocycles. The van der Waals surface area contributed by atoms with Crippen molar-refractivity contribution in [3.05, 3.63) is 0 Å². The molecular formula is C11H23NO2S. The Hall–Kier alpha value is -0.0600. The summed E-state index contributed by atoms with van der Waals surface area (Å²) in [7, 11) is 1.83. The van der Waals surface area contributed by atoms with E-state index in [1.165, 1.54) is 0 Å². The van der Waals surface area contributed by atoms with Gasteiger partial charge < -0.3 is 0 Å². The molecule has 0 fully saturated rings. The molecule has 0 atom stereocenters. The van der Waals surface area contributed by atoms with Crippen molar-refractivity contribution in [3.8, 4) is 0 Å². The van der Waals surface area contributed by atoms with Crippen LogP contribution in [0.25, 0.3) is 0 Å². The average Bonchev–Trinajstić information content (AvgIpc) is 2.12. The molecule has 15 heavy (non-hydrogen) atoms. The van der Waals surface area contributed by atoms with Gasteiger partial charge in [-0.3, -0.25) is 4.79 Å². The van der Waals surface area contributed by atoms with Crippen molar-refractivity contribution < 1.29 is 9.08 Å². The molecule has 0 aliphatic rings. The lowest BCUT2D eigenvalue weighted by molar-refractivity contribution is -0.122. The molecule has 0 aliphatic carbocycles. The Kier molecular flexibility index (Phi) is 5.85. The fourth-order valence-corrected chi connectivity index (χ4v) is 1.33. The number of hydroxylamine groups is 2. The second kappa shape index (κ2) is 5.87. The van der Waals surface area contributed by atoms with Crippen LogP contribution < -0.4 is 0 Å². The highest BCUT2D eigenvalue weighted by Gasteiger charge is 2.32. The summed E-state index contributed by atoms with van der Waals surface area (Å²) in [5, 5.41) is 1.75. The van der Waals surface area contributed by atoms with Gasteiger partial charge in [-0.2, -0.15) is 5.06 Å². The molecule has 0 aliphatic heterocycles. The number of hydrogen-bond donors (Lipinski definition) is 0. The SMILES string of the molecule is CC(C)N(C)OSC(=O)C(C)(C)C(C)C. The van der Waals surface area contributed by atoms with Crippen LogP contribution in [0.15, 0.2) is 0 Å². The minimum absolute atomic E-state index is 0.0741. The average molecular weight is 233 g/mol. The van der Waals surface area contributed by atoms with Gasteiger partial charge in [0, 0.05) is 18.5 Å². The van der Waals surface area contributed by atoms with Crippen molar-refractivity contribution in [2.45, 2.75) is 47.6 Å². The van der Waals surface area contributed by atoms with Crippen LogP contribution >= 0.6 is 12.0 Å². The molecular weight excluding hydrogens is 210 g/mol. The molecule has 0 aromatic rings. The van der Waals surface area contributed by atoms with E-state index in [2.05, 4.69) is 0 Å². The molecule has 0 spiro atoms. The van der Waals surface area contributed by atoms with Gasteiger partial charge in [-0.1, -0.05) is 27.7 Å². The van der Waals surface area contributed by atoms with Crippen LogP contribution in [-0.4, -0.2) is 23.3 Å². The lowest BCUT2D eigenvalue weighted by Crippen LogP contribution is -2.30.